The highest BCUT2D eigenvalue weighted by molar-refractivity contribution is 7.89. The molecular weight excluding hydrogens is 360 g/mol. The molecule has 132 valence electrons. The van der Waals surface area contributed by atoms with Gasteiger partial charge in [-0.3, -0.25) is 0 Å². The number of benzene rings is 1. The van der Waals surface area contributed by atoms with Gasteiger partial charge in [-0.15, -0.1) is 12.4 Å². The third kappa shape index (κ3) is 4.14. The van der Waals surface area contributed by atoms with Crippen LogP contribution in [0.15, 0.2) is 11.0 Å². The molecule has 0 saturated heterocycles. The summed E-state index contributed by atoms with van der Waals surface area (Å²) in [6.45, 7) is 0.204. The molecule has 1 aliphatic rings. The predicted octanol–water partition coefficient (Wildman–Crippen LogP) is 2.46. The number of halogens is 5. The number of rotatable bonds is 4. The molecule has 23 heavy (non-hydrogen) atoms. The monoisotopic (exact) mass is 376 g/mol. The highest BCUT2D eigenvalue weighted by atomic mass is 35.5. The Balaban J connectivity index is 0.00000264. The molecule has 10 heteroatoms. The van der Waals surface area contributed by atoms with E-state index in [9.17, 15) is 26.0 Å². The van der Waals surface area contributed by atoms with Crippen LogP contribution in [0.5, 0.6) is 0 Å². The minimum absolute atomic E-state index is 0. The van der Waals surface area contributed by atoms with Crippen molar-refractivity contribution in [2.45, 2.75) is 36.6 Å². The maximum atomic E-state index is 13.6. The van der Waals surface area contributed by atoms with E-state index in [1.54, 1.807) is 0 Å². The summed E-state index contributed by atoms with van der Waals surface area (Å²) in [4.78, 5) is -1.63. The molecule has 0 amide bonds. The van der Waals surface area contributed by atoms with Crippen molar-refractivity contribution in [1.82, 2.24) is 4.72 Å². The highest BCUT2D eigenvalue weighted by Crippen LogP contribution is 2.28. The van der Waals surface area contributed by atoms with Crippen LogP contribution in [0.2, 0.25) is 0 Å². The van der Waals surface area contributed by atoms with Crippen LogP contribution >= 0.6 is 12.4 Å². The Morgan fingerprint density at radius 2 is 1.61 bits per heavy atom. The molecule has 0 heterocycles. The quantitative estimate of drug-likeness (QED) is 0.626. The van der Waals surface area contributed by atoms with Crippen molar-refractivity contribution >= 4 is 22.4 Å². The zero-order chi connectivity index (χ0) is 16.5. The smallest absolute Gasteiger partial charge is 0.246 e. The fourth-order valence-corrected chi connectivity index (χ4v) is 4.18. The van der Waals surface area contributed by atoms with Gasteiger partial charge in [0.15, 0.2) is 28.2 Å². The highest BCUT2D eigenvalue weighted by Gasteiger charge is 2.34. The summed E-state index contributed by atoms with van der Waals surface area (Å²) < 4.78 is 80.1. The van der Waals surface area contributed by atoms with Crippen LogP contribution in [-0.4, -0.2) is 21.0 Å². The Morgan fingerprint density at radius 1 is 1.09 bits per heavy atom. The van der Waals surface area contributed by atoms with E-state index >= 15 is 0 Å². The second-order valence-corrected chi connectivity index (χ2v) is 6.96. The summed E-state index contributed by atoms with van der Waals surface area (Å²) >= 11 is 0. The van der Waals surface area contributed by atoms with E-state index in [2.05, 4.69) is 4.72 Å². The molecule has 0 bridgehead atoms. The van der Waals surface area contributed by atoms with Gasteiger partial charge < -0.3 is 5.73 Å². The SMILES string of the molecule is Cl.NCC1CCCCC1NS(=O)(=O)c1c(F)c(F)cc(F)c1F. The largest absolute Gasteiger partial charge is 0.330 e. The van der Waals surface area contributed by atoms with E-state index in [1.807, 2.05) is 0 Å². The summed E-state index contributed by atoms with van der Waals surface area (Å²) in [7, 11) is -4.74. The number of hydrogen-bond donors (Lipinski definition) is 2. The van der Waals surface area contributed by atoms with Crippen molar-refractivity contribution < 1.29 is 26.0 Å². The Morgan fingerprint density at radius 3 is 2.13 bits per heavy atom. The van der Waals surface area contributed by atoms with Gasteiger partial charge in [-0.05, 0) is 25.3 Å². The van der Waals surface area contributed by atoms with Gasteiger partial charge in [0.25, 0.3) is 0 Å². The molecule has 1 aromatic rings. The van der Waals surface area contributed by atoms with Gasteiger partial charge in [-0.25, -0.2) is 30.7 Å². The van der Waals surface area contributed by atoms with Gasteiger partial charge in [0.1, 0.15) is 0 Å². The number of sulfonamides is 1. The molecule has 1 fully saturated rings. The van der Waals surface area contributed by atoms with Gasteiger partial charge in [-0.1, -0.05) is 12.8 Å². The lowest BCUT2D eigenvalue weighted by Gasteiger charge is -2.31. The molecule has 1 aromatic carbocycles. The van der Waals surface area contributed by atoms with Gasteiger partial charge in [0.2, 0.25) is 10.0 Å². The van der Waals surface area contributed by atoms with Crippen LogP contribution in [0.25, 0.3) is 0 Å². The average Bonchev–Trinajstić information content (AvgIpc) is 2.45. The molecule has 2 rings (SSSR count). The number of nitrogens with two attached hydrogens (primary N) is 1. The van der Waals surface area contributed by atoms with Crippen molar-refractivity contribution in [2.24, 2.45) is 11.7 Å². The van der Waals surface area contributed by atoms with E-state index in [0.29, 0.717) is 12.8 Å². The van der Waals surface area contributed by atoms with E-state index < -0.39 is 44.2 Å². The minimum Gasteiger partial charge on any atom is -0.330 e. The summed E-state index contributed by atoms with van der Waals surface area (Å²) in [5.41, 5.74) is 5.56. The summed E-state index contributed by atoms with van der Waals surface area (Å²) in [6.07, 6.45) is 2.72. The Bertz CT molecular complexity index is 646. The normalized spacial score (nSPS) is 21.8. The fourth-order valence-electron chi connectivity index (χ4n) is 2.69. The summed E-state index contributed by atoms with van der Waals surface area (Å²) in [6, 6.07) is -0.652. The van der Waals surface area contributed by atoms with Crippen molar-refractivity contribution in [3.8, 4) is 0 Å². The molecule has 2 atom stereocenters. The zero-order valence-corrected chi connectivity index (χ0v) is 13.6. The Hall–Kier alpha value is -0.900. The van der Waals surface area contributed by atoms with Crippen molar-refractivity contribution in [1.29, 1.82) is 0 Å². The van der Waals surface area contributed by atoms with Gasteiger partial charge in [0.05, 0.1) is 0 Å². The Kier molecular flexibility index (Phi) is 6.81. The molecule has 0 radical (unpaired) electrons. The number of nitrogens with one attached hydrogen (secondary N) is 1. The zero-order valence-electron chi connectivity index (χ0n) is 12.0. The van der Waals surface area contributed by atoms with Crippen LogP contribution in [0.1, 0.15) is 25.7 Å². The Labute approximate surface area is 137 Å². The van der Waals surface area contributed by atoms with E-state index in [4.69, 9.17) is 5.73 Å². The van der Waals surface area contributed by atoms with Gasteiger partial charge >= 0.3 is 0 Å². The van der Waals surface area contributed by atoms with Crippen LogP contribution in [-0.2, 0) is 10.0 Å². The summed E-state index contributed by atoms with van der Waals surface area (Å²) in [5, 5.41) is 0. The van der Waals surface area contributed by atoms with Gasteiger partial charge in [0, 0.05) is 12.1 Å². The first-order chi connectivity index (χ1) is 10.3. The van der Waals surface area contributed by atoms with E-state index in [1.165, 1.54) is 0 Å². The first kappa shape index (κ1) is 20.1. The fraction of sp³-hybridized carbons (Fsp3) is 0.538. The third-order valence-corrected chi connectivity index (χ3v) is 5.37. The molecule has 0 aliphatic heterocycles. The molecule has 1 saturated carbocycles. The molecular formula is C13H17ClF4N2O2S. The molecule has 3 N–H and O–H groups in total. The molecule has 1 aliphatic carbocycles. The van der Waals surface area contributed by atoms with Gasteiger partial charge in [-0.2, -0.15) is 0 Å². The van der Waals surface area contributed by atoms with Crippen LogP contribution < -0.4 is 10.5 Å². The van der Waals surface area contributed by atoms with E-state index in [-0.39, 0.29) is 30.9 Å². The maximum absolute atomic E-state index is 13.6. The van der Waals surface area contributed by atoms with Crippen molar-refractivity contribution in [2.75, 3.05) is 6.54 Å². The van der Waals surface area contributed by atoms with Crippen molar-refractivity contribution in [3.05, 3.63) is 29.3 Å². The lowest BCUT2D eigenvalue weighted by Crippen LogP contribution is -2.45. The second kappa shape index (κ2) is 7.78. The first-order valence-electron chi connectivity index (χ1n) is 6.83. The second-order valence-electron chi connectivity index (χ2n) is 5.31. The molecule has 4 nitrogen and oxygen atoms in total. The lowest BCUT2D eigenvalue weighted by molar-refractivity contribution is 0.295. The maximum Gasteiger partial charge on any atom is 0.246 e. The minimum atomic E-state index is -4.74. The predicted molar refractivity (Wildman–Crippen MR) is 78.6 cm³/mol. The van der Waals surface area contributed by atoms with Crippen LogP contribution in [0.3, 0.4) is 0 Å². The standard InChI is InChI=1S/C13H16F4N2O2S.ClH/c14-8-5-9(15)12(17)13(11(8)16)22(20,21)19-10-4-2-1-3-7(10)6-18;/h5,7,10,19H,1-4,6,18H2;1H. The summed E-state index contributed by atoms with van der Waals surface area (Å²) in [5.74, 6) is -7.59. The molecule has 0 spiro atoms. The van der Waals surface area contributed by atoms with Crippen LogP contribution in [0, 0.1) is 29.2 Å². The average molecular weight is 377 g/mol. The molecule has 0 aromatic heterocycles. The number of hydrogen-bond acceptors (Lipinski definition) is 3. The first-order valence-corrected chi connectivity index (χ1v) is 8.31. The third-order valence-electron chi connectivity index (χ3n) is 3.86. The molecule has 2 unspecified atom stereocenters. The topological polar surface area (TPSA) is 72.2 Å². The van der Waals surface area contributed by atoms with Crippen molar-refractivity contribution in [3.63, 3.8) is 0 Å². The van der Waals surface area contributed by atoms with Crippen LogP contribution in [0.4, 0.5) is 17.6 Å². The lowest BCUT2D eigenvalue weighted by atomic mass is 9.85. The van der Waals surface area contributed by atoms with E-state index in [0.717, 1.165) is 12.8 Å².